The average Bonchev–Trinajstić information content (AvgIpc) is 3.17. The van der Waals surface area contributed by atoms with Crippen LogP contribution in [0.4, 0.5) is 5.69 Å². The van der Waals surface area contributed by atoms with Crippen LogP contribution in [0.25, 0.3) is 0 Å². The van der Waals surface area contributed by atoms with Gasteiger partial charge in [0.25, 0.3) is 0 Å². The second-order valence-electron chi connectivity index (χ2n) is 6.97. The first kappa shape index (κ1) is 18.2. The number of anilines is 1. The Kier molecular flexibility index (Phi) is 5.06. The average molecular weight is 383 g/mol. The van der Waals surface area contributed by atoms with E-state index in [1.807, 2.05) is 0 Å². The molecule has 0 aromatic heterocycles. The zero-order valence-corrected chi connectivity index (χ0v) is 15.2. The highest BCUT2D eigenvalue weighted by atomic mass is 16.7. The van der Waals surface area contributed by atoms with E-state index in [-0.39, 0.29) is 12.7 Å². The van der Waals surface area contributed by atoms with Crippen molar-refractivity contribution in [2.45, 2.75) is 25.7 Å². The number of aliphatic carboxylic acids is 1. The van der Waals surface area contributed by atoms with Crippen LogP contribution in [0.2, 0.25) is 0 Å². The standard InChI is InChI=1S/C21H21NO6/c23-20(16-3-1-2-4-17(16)21(24)25)22-13-5-7-14(8-6-13)28-15-9-10-18-19(11-15)27-12-26-18/h5-11,16-17H,1-4,12H2,(H,22,23)(H,24,25)/t16-,17-/m0/s1. The fraction of sp³-hybridized carbons (Fsp3) is 0.333. The fourth-order valence-corrected chi connectivity index (χ4v) is 3.66. The van der Waals surface area contributed by atoms with E-state index >= 15 is 0 Å². The number of amides is 1. The van der Waals surface area contributed by atoms with Gasteiger partial charge in [0.1, 0.15) is 11.5 Å². The van der Waals surface area contributed by atoms with E-state index in [0.29, 0.717) is 41.5 Å². The summed E-state index contributed by atoms with van der Waals surface area (Å²) in [6.07, 6.45) is 2.89. The lowest BCUT2D eigenvalue weighted by molar-refractivity contribution is -0.147. The van der Waals surface area contributed by atoms with Gasteiger partial charge in [-0.3, -0.25) is 9.59 Å². The Bertz CT molecular complexity index is 879. The van der Waals surface area contributed by atoms with Crippen LogP contribution < -0.4 is 19.5 Å². The normalized spacial score (nSPS) is 20.4. The van der Waals surface area contributed by atoms with E-state index in [9.17, 15) is 14.7 Å². The van der Waals surface area contributed by atoms with Crippen molar-refractivity contribution in [2.24, 2.45) is 11.8 Å². The minimum absolute atomic E-state index is 0.205. The van der Waals surface area contributed by atoms with Crippen LogP contribution in [-0.4, -0.2) is 23.8 Å². The van der Waals surface area contributed by atoms with E-state index in [1.54, 1.807) is 42.5 Å². The highest BCUT2D eigenvalue weighted by molar-refractivity contribution is 5.95. The summed E-state index contributed by atoms with van der Waals surface area (Å²) in [5.41, 5.74) is 0.609. The lowest BCUT2D eigenvalue weighted by atomic mass is 9.78. The molecule has 2 aliphatic rings. The summed E-state index contributed by atoms with van der Waals surface area (Å²) in [6.45, 7) is 0.205. The molecule has 0 unspecified atom stereocenters. The monoisotopic (exact) mass is 383 g/mol. The molecule has 4 rings (SSSR count). The summed E-state index contributed by atoms with van der Waals surface area (Å²) in [7, 11) is 0. The van der Waals surface area contributed by atoms with Crippen molar-refractivity contribution in [3.05, 3.63) is 42.5 Å². The molecule has 7 heteroatoms. The Morgan fingerprint density at radius 3 is 2.36 bits per heavy atom. The van der Waals surface area contributed by atoms with Crippen molar-refractivity contribution in [3.8, 4) is 23.0 Å². The smallest absolute Gasteiger partial charge is 0.307 e. The number of hydrogen-bond acceptors (Lipinski definition) is 5. The molecule has 1 amide bonds. The molecular formula is C21H21NO6. The van der Waals surface area contributed by atoms with Gasteiger partial charge in [0.05, 0.1) is 11.8 Å². The molecule has 146 valence electrons. The lowest BCUT2D eigenvalue weighted by Crippen LogP contribution is -2.36. The van der Waals surface area contributed by atoms with Crippen LogP contribution in [-0.2, 0) is 9.59 Å². The van der Waals surface area contributed by atoms with E-state index in [1.165, 1.54) is 0 Å². The van der Waals surface area contributed by atoms with Gasteiger partial charge in [-0.15, -0.1) is 0 Å². The summed E-state index contributed by atoms with van der Waals surface area (Å²) in [4.78, 5) is 23.9. The number of rotatable bonds is 5. The summed E-state index contributed by atoms with van der Waals surface area (Å²) in [6, 6.07) is 12.3. The predicted octanol–water partition coefficient (Wildman–Crippen LogP) is 4.04. The second-order valence-corrected chi connectivity index (χ2v) is 6.97. The van der Waals surface area contributed by atoms with Crippen LogP contribution in [0.5, 0.6) is 23.0 Å². The number of carbonyl (C=O) groups is 2. The molecule has 0 spiro atoms. The molecule has 1 aliphatic heterocycles. The van der Waals surface area contributed by atoms with Crippen LogP contribution in [0.1, 0.15) is 25.7 Å². The quantitative estimate of drug-likeness (QED) is 0.809. The Hall–Kier alpha value is -3.22. The number of nitrogens with one attached hydrogen (secondary N) is 1. The van der Waals surface area contributed by atoms with Gasteiger partial charge in [0.15, 0.2) is 11.5 Å². The third kappa shape index (κ3) is 3.88. The van der Waals surface area contributed by atoms with Crippen molar-refractivity contribution >= 4 is 17.6 Å². The van der Waals surface area contributed by atoms with Crippen molar-refractivity contribution < 1.29 is 28.9 Å². The Labute approximate surface area is 162 Å². The lowest BCUT2D eigenvalue weighted by Gasteiger charge is -2.27. The highest BCUT2D eigenvalue weighted by Gasteiger charge is 2.35. The van der Waals surface area contributed by atoms with E-state index < -0.39 is 17.8 Å². The van der Waals surface area contributed by atoms with Crippen molar-refractivity contribution in [1.29, 1.82) is 0 Å². The summed E-state index contributed by atoms with van der Waals surface area (Å²) in [5.74, 6) is 0.321. The van der Waals surface area contributed by atoms with Gasteiger partial charge in [0.2, 0.25) is 12.7 Å². The highest BCUT2D eigenvalue weighted by Crippen LogP contribution is 2.37. The molecule has 1 aliphatic carbocycles. The van der Waals surface area contributed by atoms with Crippen molar-refractivity contribution in [1.82, 2.24) is 0 Å². The van der Waals surface area contributed by atoms with Crippen LogP contribution in [0.15, 0.2) is 42.5 Å². The first-order chi connectivity index (χ1) is 13.6. The Morgan fingerprint density at radius 2 is 1.61 bits per heavy atom. The molecule has 28 heavy (non-hydrogen) atoms. The minimum Gasteiger partial charge on any atom is -0.481 e. The molecule has 2 aromatic rings. The first-order valence-electron chi connectivity index (χ1n) is 9.31. The number of ether oxygens (including phenoxy) is 3. The Morgan fingerprint density at radius 1 is 0.929 bits per heavy atom. The van der Waals surface area contributed by atoms with Crippen LogP contribution >= 0.6 is 0 Å². The fourth-order valence-electron chi connectivity index (χ4n) is 3.66. The third-order valence-corrected chi connectivity index (χ3v) is 5.12. The van der Waals surface area contributed by atoms with E-state index in [4.69, 9.17) is 14.2 Å². The number of benzene rings is 2. The molecule has 1 fully saturated rings. The zero-order chi connectivity index (χ0) is 19.5. The molecule has 0 saturated heterocycles. The molecule has 7 nitrogen and oxygen atoms in total. The summed E-state index contributed by atoms with van der Waals surface area (Å²) in [5, 5.41) is 12.2. The molecule has 1 saturated carbocycles. The molecule has 2 atom stereocenters. The Balaban J connectivity index is 1.39. The number of fused-ring (bicyclic) bond motifs is 1. The third-order valence-electron chi connectivity index (χ3n) is 5.12. The van der Waals surface area contributed by atoms with E-state index in [2.05, 4.69) is 5.32 Å². The molecular weight excluding hydrogens is 362 g/mol. The molecule has 2 N–H and O–H groups in total. The van der Waals surface area contributed by atoms with Gasteiger partial charge in [-0.1, -0.05) is 12.8 Å². The number of carbonyl (C=O) groups excluding carboxylic acids is 1. The minimum atomic E-state index is -0.896. The molecule has 2 aromatic carbocycles. The van der Waals surface area contributed by atoms with Gasteiger partial charge in [-0.25, -0.2) is 0 Å². The summed E-state index contributed by atoms with van der Waals surface area (Å²) >= 11 is 0. The molecule has 0 radical (unpaired) electrons. The first-order valence-corrected chi connectivity index (χ1v) is 9.31. The van der Waals surface area contributed by atoms with Gasteiger partial charge in [-0.2, -0.15) is 0 Å². The van der Waals surface area contributed by atoms with Gasteiger partial charge in [0, 0.05) is 11.8 Å². The number of carboxylic acid groups (broad SMARTS) is 1. The largest absolute Gasteiger partial charge is 0.481 e. The van der Waals surface area contributed by atoms with Crippen LogP contribution in [0.3, 0.4) is 0 Å². The van der Waals surface area contributed by atoms with Gasteiger partial charge >= 0.3 is 5.97 Å². The van der Waals surface area contributed by atoms with Crippen molar-refractivity contribution in [3.63, 3.8) is 0 Å². The van der Waals surface area contributed by atoms with E-state index in [0.717, 1.165) is 12.8 Å². The predicted molar refractivity (Wildman–Crippen MR) is 101 cm³/mol. The summed E-state index contributed by atoms with van der Waals surface area (Å²) < 4.78 is 16.4. The van der Waals surface area contributed by atoms with Gasteiger partial charge < -0.3 is 24.6 Å². The second kappa shape index (κ2) is 7.80. The SMILES string of the molecule is O=C(O)[C@H]1CCCC[C@@H]1C(=O)Nc1ccc(Oc2ccc3c(c2)OCO3)cc1. The van der Waals surface area contributed by atoms with Gasteiger partial charge in [-0.05, 0) is 49.2 Å². The molecule has 0 bridgehead atoms. The van der Waals surface area contributed by atoms with Crippen molar-refractivity contribution in [2.75, 3.05) is 12.1 Å². The molecule has 1 heterocycles. The maximum atomic E-state index is 12.5. The zero-order valence-electron chi connectivity index (χ0n) is 15.2. The van der Waals surface area contributed by atoms with Crippen LogP contribution in [0, 0.1) is 11.8 Å². The number of carboxylic acids is 1. The number of hydrogen-bond donors (Lipinski definition) is 2. The topological polar surface area (TPSA) is 94.1 Å². The maximum Gasteiger partial charge on any atom is 0.307 e. The maximum absolute atomic E-state index is 12.5.